The fourth-order valence-corrected chi connectivity index (χ4v) is 1.61. The molecule has 0 saturated heterocycles. The van der Waals surface area contributed by atoms with Crippen LogP contribution in [0.5, 0.6) is 0 Å². The summed E-state index contributed by atoms with van der Waals surface area (Å²) >= 11 is 5.86. The van der Waals surface area contributed by atoms with E-state index >= 15 is 0 Å². The first-order valence-electron chi connectivity index (χ1n) is 4.69. The van der Waals surface area contributed by atoms with Crippen molar-refractivity contribution < 1.29 is 0 Å². The fraction of sp³-hybridized carbons (Fsp3) is 0.636. The Balaban J connectivity index is 4.48. The van der Waals surface area contributed by atoms with Crippen molar-refractivity contribution in [2.45, 2.75) is 40.0 Å². The molecular weight excluding hydrogens is 168 g/mol. The smallest absolute Gasteiger partial charge is 0.0439 e. The Bertz CT molecular complexity index is 166. The second-order valence-corrected chi connectivity index (χ2v) is 3.13. The van der Waals surface area contributed by atoms with Crippen molar-refractivity contribution in [3.05, 3.63) is 23.3 Å². The molecule has 0 fully saturated rings. The van der Waals surface area contributed by atoms with Crippen LogP contribution in [-0.4, -0.2) is 5.88 Å². The first-order chi connectivity index (χ1) is 5.79. The maximum absolute atomic E-state index is 5.86. The van der Waals surface area contributed by atoms with E-state index in [1.165, 1.54) is 17.6 Å². The molecule has 0 nitrogen and oxygen atoms in total. The van der Waals surface area contributed by atoms with E-state index < -0.39 is 0 Å². The third-order valence-electron chi connectivity index (χ3n) is 1.92. The van der Waals surface area contributed by atoms with Crippen molar-refractivity contribution in [1.29, 1.82) is 0 Å². The van der Waals surface area contributed by atoms with Gasteiger partial charge in [0.15, 0.2) is 0 Å². The monoisotopic (exact) mass is 186 g/mol. The average Bonchev–Trinajstić information content (AvgIpc) is 2.11. The van der Waals surface area contributed by atoms with Crippen LogP contribution in [-0.2, 0) is 0 Å². The van der Waals surface area contributed by atoms with E-state index in [4.69, 9.17) is 11.6 Å². The van der Waals surface area contributed by atoms with Crippen molar-refractivity contribution in [3.8, 4) is 0 Å². The molecule has 0 N–H and O–H groups in total. The Hall–Kier alpha value is -0.230. The normalized spacial score (nSPS) is 13.7. The number of rotatable bonds is 5. The van der Waals surface area contributed by atoms with Crippen LogP contribution in [0, 0.1) is 0 Å². The summed E-state index contributed by atoms with van der Waals surface area (Å²) in [6, 6.07) is 0. The summed E-state index contributed by atoms with van der Waals surface area (Å²) in [7, 11) is 0. The Morgan fingerprint density at radius 2 is 2.00 bits per heavy atom. The van der Waals surface area contributed by atoms with Crippen molar-refractivity contribution in [1.82, 2.24) is 0 Å². The average molecular weight is 187 g/mol. The lowest BCUT2D eigenvalue weighted by Gasteiger charge is -2.06. The van der Waals surface area contributed by atoms with Crippen LogP contribution in [0.4, 0.5) is 0 Å². The zero-order chi connectivity index (χ0) is 9.40. The number of hydrogen-bond acceptors (Lipinski definition) is 0. The van der Waals surface area contributed by atoms with Gasteiger partial charge in [0.1, 0.15) is 0 Å². The minimum Gasteiger partial charge on any atom is -0.122 e. The molecule has 12 heavy (non-hydrogen) atoms. The summed E-state index contributed by atoms with van der Waals surface area (Å²) in [6.45, 7) is 6.42. The van der Waals surface area contributed by atoms with Gasteiger partial charge in [-0.3, -0.25) is 0 Å². The molecule has 0 rings (SSSR count). The van der Waals surface area contributed by atoms with Crippen LogP contribution < -0.4 is 0 Å². The van der Waals surface area contributed by atoms with Gasteiger partial charge in [-0.25, -0.2) is 0 Å². The van der Waals surface area contributed by atoms with E-state index in [-0.39, 0.29) is 0 Å². The molecule has 0 aromatic carbocycles. The van der Waals surface area contributed by atoms with Gasteiger partial charge in [-0.2, -0.15) is 0 Å². The van der Waals surface area contributed by atoms with Crippen LogP contribution in [0.15, 0.2) is 23.3 Å². The largest absolute Gasteiger partial charge is 0.122 e. The van der Waals surface area contributed by atoms with Crippen LogP contribution in [0.2, 0.25) is 0 Å². The summed E-state index contributed by atoms with van der Waals surface area (Å²) in [5.41, 5.74) is 2.81. The number of allylic oxidation sites excluding steroid dienone is 4. The minimum absolute atomic E-state index is 0.682. The van der Waals surface area contributed by atoms with Gasteiger partial charge in [0, 0.05) is 5.88 Å². The van der Waals surface area contributed by atoms with Gasteiger partial charge < -0.3 is 0 Å². The molecule has 70 valence electrons. The Labute approximate surface area is 81.3 Å². The molecule has 0 heterocycles. The Morgan fingerprint density at radius 1 is 1.33 bits per heavy atom. The Morgan fingerprint density at radius 3 is 2.33 bits per heavy atom. The van der Waals surface area contributed by atoms with E-state index in [1.807, 2.05) is 6.92 Å². The first-order valence-corrected chi connectivity index (χ1v) is 5.23. The van der Waals surface area contributed by atoms with Crippen LogP contribution in [0.1, 0.15) is 40.0 Å². The highest BCUT2D eigenvalue weighted by atomic mass is 35.5. The highest BCUT2D eigenvalue weighted by Gasteiger charge is 1.99. The van der Waals surface area contributed by atoms with E-state index in [0.29, 0.717) is 5.88 Å². The van der Waals surface area contributed by atoms with Gasteiger partial charge in [0.05, 0.1) is 0 Å². The second kappa shape index (κ2) is 7.42. The van der Waals surface area contributed by atoms with Crippen LogP contribution >= 0.6 is 11.6 Å². The molecule has 0 bridgehead atoms. The molecule has 0 aliphatic rings. The summed E-state index contributed by atoms with van der Waals surface area (Å²) in [5.74, 6) is 0.682. The minimum atomic E-state index is 0.682. The topological polar surface area (TPSA) is 0 Å². The molecule has 0 aliphatic carbocycles. The molecule has 0 unspecified atom stereocenters. The molecule has 0 atom stereocenters. The van der Waals surface area contributed by atoms with Crippen LogP contribution in [0.25, 0.3) is 0 Å². The van der Waals surface area contributed by atoms with E-state index in [2.05, 4.69) is 26.0 Å². The highest BCUT2D eigenvalue weighted by Crippen LogP contribution is 2.16. The lowest BCUT2D eigenvalue weighted by molar-refractivity contribution is 0.885. The zero-order valence-electron chi connectivity index (χ0n) is 8.36. The van der Waals surface area contributed by atoms with E-state index in [9.17, 15) is 0 Å². The Kier molecular flexibility index (Phi) is 7.28. The zero-order valence-corrected chi connectivity index (χ0v) is 9.12. The third-order valence-corrected chi connectivity index (χ3v) is 2.24. The first kappa shape index (κ1) is 11.8. The SMILES string of the molecule is C/C=C/C(CC)=C(\CCl)CCC. The van der Waals surface area contributed by atoms with Gasteiger partial charge in [-0.15, -0.1) is 11.6 Å². The summed E-state index contributed by atoms with van der Waals surface area (Å²) < 4.78 is 0. The van der Waals surface area contributed by atoms with Crippen molar-refractivity contribution in [2.75, 3.05) is 5.88 Å². The molecule has 1 heteroatoms. The molecule has 0 amide bonds. The highest BCUT2D eigenvalue weighted by molar-refractivity contribution is 6.19. The lowest BCUT2D eigenvalue weighted by Crippen LogP contribution is -1.90. The van der Waals surface area contributed by atoms with Crippen molar-refractivity contribution in [3.63, 3.8) is 0 Å². The predicted molar refractivity (Wildman–Crippen MR) is 57.8 cm³/mol. The van der Waals surface area contributed by atoms with Gasteiger partial charge >= 0.3 is 0 Å². The van der Waals surface area contributed by atoms with Crippen molar-refractivity contribution in [2.24, 2.45) is 0 Å². The van der Waals surface area contributed by atoms with E-state index in [0.717, 1.165) is 12.8 Å². The molecule has 0 radical (unpaired) electrons. The maximum atomic E-state index is 5.86. The van der Waals surface area contributed by atoms with Crippen LogP contribution in [0.3, 0.4) is 0 Å². The van der Waals surface area contributed by atoms with Gasteiger partial charge in [0.25, 0.3) is 0 Å². The quantitative estimate of drug-likeness (QED) is 0.444. The molecule has 0 aromatic heterocycles. The second-order valence-electron chi connectivity index (χ2n) is 2.87. The number of halogens is 1. The summed E-state index contributed by atoms with van der Waals surface area (Å²) in [4.78, 5) is 0. The molecule has 0 spiro atoms. The lowest BCUT2D eigenvalue weighted by atomic mass is 10.0. The third kappa shape index (κ3) is 3.96. The standard InChI is InChI=1S/C11H19Cl/c1-4-7-10(6-3)11(9-12)8-5-2/h4,7H,5-6,8-9H2,1-3H3/b7-4+,11-10-. The van der Waals surface area contributed by atoms with Gasteiger partial charge in [0.2, 0.25) is 0 Å². The summed E-state index contributed by atoms with van der Waals surface area (Å²) in [6.07, 6.45) is 7.67. The predicted octanol–water partition coefficient (Wildman–Crippen LogP) is 4.31. The number of hydrogen-bond donors (Lipinski definition) is 0. The molecule has 0 aromatic rings. The molecule has 0 aliphatic heterocycles. The van der Waals surface area contributed by atoms with E-state index in [1.54, 1.807) is 0 Å². The molecular formula is C11H19Cl. The molecule has 0 saturated carbocycles. The summed E-state index contributed by atoms with van der Waals surface area (Å²) in [5, 5.41) is 0. The van der Waals surface area contributed by atoms with Crippen molar-refractivity contribution >= 4 is 11.6 Å². The van der Waals surface area contributed by atoms with Gasteiger partial charge in [-0.05, 0) is 25.3 Å². The maximum Gasteiger partial charge on any atom is 0.0439 e. The fourth-order valence-electron chi connectivity index (χ4n) is 1.30. The van der Waals surface area contributed by atoms with Gasteiger partial charge in [-0.1, -0.05) is 38.0 Å². The number of alkyl halides is 1.